The van der Waals surface area contributed by atoms with E-state index in [2.05, 4.69) is 21.2 Å². The molecule has 3 rings (SSSR count). The molecule has 2 saturated heterocycles. The summed E-state index contributed by atoms with van der Waals surface area (Å²) in [7, 11) is 0. The molecule has 2 aliphatic heterocycles. The zero-order valence-electron chi connectivity index (χ0n) is 16.8. The first-order valence-corrected chi connectivity index (χ1v) is 10.0. The van der Waals surface area contributed by atoms with Crippen LogP contribution in [0.5, 0.6) is 0 Å². The van der Waals surface area contributed by atoms with Crippen molar-refractivity contribution in [1.29, 1.82) is 5.26 Å². The number of aryl methyl sites for hydroxylation is 1. The highest BCUT2D eigenvalue weighted by Gasteiger charge is 2.24. The molecule has 0 aliphatic carbocycles. The molecule has 1 aromatic heterocycles. The second kappa shape index (κ2) is 9.22. The third-order valence-corrected chi connectivity index (χ3v) is 5.65. The monoisotopic (exact) mass is 387 g/mol. The zero-order chi connectivity index (χ0) is 20.1. The van der Waals surface area contributed by atoms with Gasteiger partial charge in [-0.25, -0.2) is 0 Å². The number of anilines is 1. The molecule has 2 aliphatic rings. The third-order valence-electron chi connectivity index (χ3n) is 5.65. The fraction of sp³-hybridized carbons (Fsp3) is 0.650. The predicted molar refractivity (Wildman–Crippen MR) is 105 cm³/mol. The summed E-state index contributed by atoms with van der Waals surface area (Å²) in [5.74, 6) is 0.897. The van der Waals surface area contributed by atoms with E-state index in [1.807, 2.05) is 4.90 Å². The fourth-order valence-corrected chi connectivity index (χ4v) is 3.76. The number of amides is 2. The van der Waals surface area contributed by atoms with Crippen LogP contribution in [0, 0.1) is 25.2 Å². The van der Waals surface area contributed by atoms with Crippen LogP contribution < -0.4 is 5.32 Å². The first kappa shape index (κ1) is 20.4. The number of likely N-dealkylation sites (tertiary alicyclic amines) is 1. The van der Waals surface area contributed by atoms with Crippen LogP contribution in [-0.4, -0.2) is 78.9 Å². The molecule has 28 heavy (non-hydrogen) atoms. The van der Waals surface area contributed by atoms with E-state index in [9.17, 15) is 14.9 Å². The Kier molecular flexibility index (Phi) is 6.70. The summed E-state index contributed by atoms with van der Waals surface area (Å²) in [6.07, 6.45) is 3.44. The number of hydrogen-bond donors (Lipinski definition) is 1. The average Bonchev–Trinajstić information content (AvgIpc) is 2.96. The van der Waals surface area contributed by atoms with Gasteiger partial charge in [-0.2, -0.15) is 5.26 Å². The van der Waals surface area contributed by atoms with Crippen molar-refractivity contribution in [2.45, 2.75) is 33.1 Å². The lowest BCUT2D eigenvalue weighted by Crippen LogP contribution is -2.51. The second-order valence-corrected chi connectivity index (χ2v) is 7.64. The van der Waals surface area contributed by atoms with Crippen molar-refractivity contribution in [2.24, 2.45) is 0 Å². The summed E-state index contributed by atoms with van der Waals surface area (Å²) < 4.78 is 5.49. The Morgan fingerprint density at radius 3 is 2.21 bits per heavy atom. The van der Waals surface area contributed by atoms with Gasteiger partial charge in [-0.15, -0.1) is 0 Å². The number of nitrogens with one attached hydrogen (secondary N) is 1. The van der Waals surface area contributed by atoms with Gasteiger partial charge in [-0.3, -0.25) is 24.7 Å². The van der Waals surface area contributed by atoms with Crippen molar-refractivity contribution >= 4 is 17.7 Å². The molecule has 0 aromatic carbocycles. The van der Waals surface area contributed by atoms with Crippen molar-refractivity contribution in [3.05, 3.63) is 16.9 Å². The van der Waals surface area contributed by atoms with E-state index >= 15 is 0 Å². The standard InChI is InChI=1S/C20H29N5O3/c1-15-16(2)28-20(17(15)12-21)22-18(26)13-23-8-10-24(11-9-23)14-19(27)25-6-4-3-5-7-25/h3-11,13-14H2,1-2H3,(H,22,26). The summed E-state index contributed by atoms with van der Waals surface area (Å²) in [5, 5.41) is 11.9. The summed E-state index contributed by atoms with van der Waals surface area (Å²) >= 11 is 0. The molecule has 8 heteroatoms. The molecule has 0 spiro atoms. The van der Waals surface area contributed by atoms with E-state index in [1.165, 1.54) is 6.42 Å². The van der Waals surface area contributed by atoms with Crippen LogP contribution in [0.25, 0.3) is 0 Å². The number of carbonyl (C=O) groups is 2. The van der Waals surface area contributed by atoms with Gasteiger partial charge in [0.05, 0.1) is 13.1 Å². The van der Waals surface area contributed by atoms with E-state index in [0.29, 0.717) is 17.9 Å². The first-order chi connectivity index (χ1) is 13.5. The Balaban J connectivity index is 1.43. The highest BCUT2D eigenvalue weighted by Crippen LogP contribution is 2.25. The average molecular weight is 387 g/mol. The molecular formula is C20H29N5O3. The molecule has 2 fully saturated rings. The first-order valence-electron chi connectivity index (χ1n) is 10.0. The highest BCUT2D eigenvalue weighted by molar-refractivity contribution is 5.92. The van der Waals surface area contributed by atoms with E-state index in [4.69, 9.17) is 4.42 Å². The second-order valence-electron chi connectivity index (χ2n) is 7.64. The van der Waals surface area contributed by atoms with E-state index in [-0.39, 0.29) is 24.2 Å². The largest absolute Gasteiger partial charge is 0.444 e. The summed E-state index contributed by atoms with van der Waals surface area (Å²) in [5.41, 5.74) is 1.14. The quantitative estimate of drug-likeness (QED) is 0.820. The minimum atomic E-state index is -0.192. The number of furan rings is 1. The number of piperazine rings is 1. The summed E-state index contributed by atoms with van der Waals surface area (Å²) in [6, 6.07) is 2.08. The Morgan fingerprint density at radius 2 is 1.61 bits per heavy atom. The van der Waals surface area contributed by atoms with Gasteiger partial charge in [0.1, 0.15) is 17.4 Å². The zero-order valence-corrected chi connectivity index (χ0v) is 16.8. The molecule has 3 heterocycles. The van der Waals surface area contributed by atoms with Gasteiger partial charge >= 0.3 is 0 Å². The lowest BCUT2D eigenvalue weighted by Gasteiger charge is -2.35. The van der Waals surface area contributed by atoms with Crippen LogP contribution >= 0.6 is 0 Å². The van der Waals surface area contributed by atoms with Gasteiger partial charge < -0.3 is 9.32 Å². The van der Waals surface area contributed by atoms with Crippen LogP contribution in [0.1, 0.15) is 36.1 Å². The number of nitrogens with zero attached hydrogens (tertiary/aromatic N) is 4. The smallest absolute Gasteiger partial charge is 0.240 e. The molecule has 0 saturated carbocycles. The van der Waals surface area contributed by atoms with E-state index in [0.717, 1.165) is 57.7 Å². The molecule has 0 atom stereocenters. The normalized spacial score (nSPS) is 18.7. The van der Waals surface area contributed by atoms with Crippen molar-refractivity contribution < 1.29 is 14.0 Å². The number of piperidine rings is 1. The fourth-order valence-electron chi connectivity index (χ4n) is 3.76. The van der Waals surface area contributed by atoms with E-state index in [1.54, 1.807) is 13.8 Å². The van der Waals surface area contributed by atoms with Crippen molar-refractivity contribution in [1.82, 2.24) is 14.7 Å². The summed E-state index contributed by atoms with van der Waals surface area (Å²) in [6.45, 7) is 9.08. The van der Waals surface area contributed by atoms with Crippen molar-refractivity contribution in [3.63, 3.8) is 0 Å². The lowest BCUT2D eigenvalue weighted by atomic mass is 10.1. The SMILES string of the molecule is Cc1oc(NC(=O)CN2CCN(CC(=O)N3CCCCC3)CC2)c(C#N)c1C. The number of carbonyl (C=O) groups excluding carboxylic acids is 2. The maximum atomic E-state index is 12.4. The van der Waals surface area contributed by atoms with Gasteiger partial charge in [-0.1, -0.05) is 0 Å². The lowest BCUT2D eigenvalue weighted by molar-refractivity contribution is -0.134. The molecule has 1 N–H and O–H groups in total. The molecule has 0 bridgehead atoms. The highest BCUT2D eigenvalue weighted by atomic mass is 16.4. The molecule has 152 valence electrons. The van der Waals surface area contributed by atoms with Crippen molar-refractivity contribution in [2.75, 3.05) is 57.7 Å². The number of rotatable bonds is 5. The van der Waals surface area contributed by atoms with Crippen LogP contribution in [0.3, 0.4) is 0 Å². The molecule has 0 unspecified atom stereocenters. The summed E-state index contributed by atoms with van der Waals surface area (Å²) in [4.78, 5) is 30.9. The van der Waals surface area contributed by atoms with Crippen molar-refractivity contribution in [3.8, 4) is 6.07 Å². The van der Waals surface area contributed by atoms with Crippen LogP contribution in [0.15, 0.2) is 4.42 Å². The minimum Gasteiger partial charge on any atom is -0.444 e. The number of hydrogen-bond acceptors (Lipinski definition) is 6. The minimum absolute atomic E-state index is 0.192. The third kappa shape index (κ3) is 4.91. The molecule has 8 nitrogen and oxygen atoms in total. The molecular weight excluding hydrogens is 358 g/mol. The molecule has 1 aromatic rings. The molecule has 2 amide bonds. The maximum absolute atomic E-state index is 12.4. The van der Waals surface area contributed by atoms with Crippen LogP contribution in [-0.2, 0) is 9.59 Å². The topological polar surface area (TPSA) is 92.8 Å². The van der Waals surface area contributed by atoms with Gasteiger partial charge in [0.15, 0.2) is 0 Å². The Hall–Kier alpha value is -2.37. The Morgan fingerprint density at radius 1 is 1.00 bits per heavy atom. The predicted octanol–water partition coefficient (Wildman–Crippen LogP) is 1.34. The Labute approximate surface area is 166 Å². The molecule has 0 radical (unpaired) electrons. The van der Waals surface area contributed by atoms with Gasteiger partial charge in [0.25, 0.3) is 0 Å². The van der Waals surface area contributed by atoms with E-state index < -0.39 is 0 Å². The van der Waals surface area contributed by atoms with Gasteiger partial charge in [0.2, 0.25) is 17.7 Å². The van der Waals surface area contributed by atoms with Gasteiger partial charge in [0, 0.05) is 44.8 Å². The van der Waals surface area contributed by atoms with Crippen LogP contribution in [0.2, 0.25) is 0 Å². The number of nitriles is 1. The maximum Gasteiger partial charge on any atom is 0.240 e. The van der Waals surface area contributed by atoms with Gasteiger partial charge in [-0.05, 0) is 33.1 Å². The Bertz CT molecular complexity index is 753. The van der Waals surface area contributed by atoms with Crippen LogP contribution in [0.4, 0.5) is 5.88 Å².